The average molecular weight is 468 g/mol. The molecule has 0 aliphatic carbocycles. The molecule has 0 unspecified atom stereocenters. The molecule has 8 nitrogen and oxygen atoms in total. The number of nitro groups is 1. The molecule has 0 heterocycles. The lowest BCUT2D eigenvalue weighted by atomic mass is 9.95. The number of sulfonamides is 1. The van der Waals surface area contributed by atoms with Crippen LogP contribution in [0.2, 0.25) is 0 Å². The maximum atomic E-state index is 13.1. The topological polar surface area (TPSA) is 110 Å². The van der Waals surface area contributed by atoms with E-state index in [2.05, 4.69) is 5.32 Å². The van der Waals surface area contributed by atoms with Crippen LogP contribution in [0.25, 0.3) is 0 Å². The highest BCUT2D eigenvalue weighted by Crippen LogP contribution is 2.28. The molecule has 0 saturated carbocycles. The Bertz CT molecular complexity index is 1280. The van der Waals surface area contributed by atoms with Gasteiger partial charge in [-0.3, -0.25) is 19.2 Å². The third-order valence-electron chi connectivity index (χ3n) is 5.30. The minimum Gasteiger partial charge on any atom is -0.344 e. The molecule has 0 bridgehead atoms. The van der Waals surface area contributed by atoms with Gasteiger partial charge in [0.25, 0.3) is 5.69 Å². The van der Waals surface area contributed by atoms with Crippen molar-refractivity contribution in [1.29, 1.82) is 0 Å². The third kappa shape index (κ3) is 5.75. The zero-order chi connectivity index (χ0) is 24.2. The highest BCUT2D eigenvalue weighted by atomic mass is 32.2. The van der Waals surface area contributed by atoms with Gasteiger partial charge >= 0.3 is 0 Å². The summed E-state index contributed by atoms with van der Waals surface area (Å²) >= 11 is 0. The number of benzene rings is 3. The van der Waals surface area contributed by atoms with Gasteiger partial charge in [-0.15, -0.1) is 0 Å². The second-order valence-corrected chi connectivity index (χ2v) is 9.67. The minimum absolute atomic E-state index is 0.0917. The van der Waals surface area contributed by atoms with Crippen molar-refractivity contribution in [3.63, 3.8) is 0 Å². The number of rotatable bonds is 8. The quantitative estimate of drug-likeness (QED) is 0.399. The van der Waals surface area contributed by atoms with E-state index in [1.54, 1.807) is 6.92 Å². The second-order valence-electron chi connectivity index (χ2n) is 7.77. The van der Waals surface area contributed by atoms with Crippen LogP contribution in [0.15, 0.2) is 72.8 Å². The molecular formula is C24H25N3O5S. The van der Waals surface area contributed by atoms with Crippen molar-refractivity contribution in [3.8, 4) is 0 Å². The molecule has 0 fully saturated rings. The molecule has 33 heavy (non-hydrogen) atoms. The van der Waals surface area contributed by atoms with E-state index in [0.717, 1.165) is 27.3 Å². The van der Waals surface area contributed by atoms with Crippen LogP contribution in [0.4, 0.5) is 11.4 Å². The number of carbonyl (C=O) groups is 1. The Labute approximate surface area is 193 Å². The maximum Gasteiger partial charge on any atom is 0.271 e. The number of carbonyl (C=O) groups excluding carboxylic acids is 1. The van der Waals surface area contributed by atoms with Crippen molar-refractivity contribution in [2.45, 2.75) is 19.9 Å². The van der Waals surface area contributed by atoms with Gasteiger partial charge in [-0.05, 0) is 36.1 Å². The Balaban J connectivity index is 1.96. The fraction of sp³-hybridized carbons (Fsp3) is 0.208. The van der Waals surface area contributed by atoms with Gasteiger partial charge in [0.2, 0.25) is 15.9 Å². The van der Waals surface area contributed by atoms with Crippen molar-refractivity contribution in [2.24, 2.45) is 0 Å². The smallest absolute Gasteiger partial charge is 0.271 e. The molecule has 0 saturated heterocycles. The molecular weight excluding hydrogens is 442 g/mol. The maximum absolute atomic E-state index is 13.1. The molecule has 172 valence electrons. The van der Waals surface area contributed by atoms with Gasteiger partial charge in [-0.1, -0.05) is 60.7 Å². The molecule has 3 aromatic carbocycles. The summed E-state index contributed by atoms with van der Waals surface area (Å²) in [4.78, 5) is 23.7. The van der Waals surface area contributed by atoms with Gasteiger partial charge in [0.1, 0.15) is 6.54 Å². The number of aryl methyl sites for hydroxylation is 2. The predicted molar refractivity (Wildman–Crippen MR) is 128 cm³/mol. The Kier molecular flexibility index (Phi) is 7.13. The van der Waals surface area contributed by atoms with Crippen LogP contribution in [0.1, 0.15) is 28.3 Å². The fourth-order valence-corrected chi connectivity index (χ4v) is 4.50. The molecule has 1 atom stereocenters. The molecule has 0 spiro atoms. The summed E-state index contributed by atoms with van der Waals surface area (Å²) in [5.41, 5.74) is 3.03. The molecule has 0 aromatic heterocycles. The van der Waals surface area contributed by atoms with Crippen molar-refractivity contribution in [2.75, 3.05) is 17.1 Å². The number of nitrogens with zero attached hydrogens (tertiary/aromatic N) is 2. The summed E-state index contributed by atoms with van der Waals surface area (Å²) in [6.07, 6.45) is 0.967. The standard InChI is InChI=1S/C24H25N3O5S/c1-17-9-7-8-12-21(17)24(19-10-5-4-6-11-19)25-23(28)16-26(33(3,31)32)22-15-20(27(29)30)14-13-18(22)2/h4-15,24H,16H2,1-3H3,(H,25,28)/t24-/m1/s1. The monoisotopic (exact) mass is 467 g/mol. The van der Waals surface area contributed by atoms with Crippen molar-refractivity contribution in [3.05, 3.63) is 105 Å². The number of hydrogen-bond acceptors (Lipinski definition) is 5. The van der Waals surface area contributed by atoms with Gasteiger partial charge in [-0.25, -0.2) is 8.42 Å². The van der Waals surface area contributed by atoms with Crippen molar-refractivity contribution >= 4 is 27.3 Å². The predicted octanol–water partition coefficient (Wildman–Crippen LogP) is 3.88. The van der Waals surface area contributed by atoms with E-state index in [-0.39, 0.29) is 11.4 Å². The van der Waals surface area contributed by atoms with Gasteiger partial charge in [0, 0.05) is 12.1 Å². The van der Waals surface area contributed by atoms with Crippen LogP contribution >= 0.6 is 0 Å². The molecule has 3 aromatic rings. The van der Waals surface area contributed by atoms with E-state index >= 15 is 0 Å². The zero-order valence-electron chi connectivity index (χ0n) is 18.6. The average Bonchev–Trinajstić information content (AvgIpc) is 2.77. The normalized spacial score (nSPS) is 12.1. The second kappa shape index (κ2) is 9.83. The number of amides is 1. The first kappa shape index (κ1) is 23.9. The highest BCUT2D eigenvalue weighted by molar-refractivity contribution is 7.92. The van der Waals surface area contributed by atoms with E-state index in [4.69, 9.17) is 0 Å². The van der Waals surface area contributed by atoms with E-state index in [1.807, 2.05) is 61.5 Å². The first-order valence-corrected chi connectivity index (χ1v) is 12.1. The summed E-state index contributed by atoms with van der Waals surface area (Å²) < 4.78 is 26.0. The number of non-ortho nitro benzene ring substituents is 1. The van der Waals surface area contributed by atoms with Crippen LogP contribution in [0, 0.1) is 24.0 Å². The molecule has 0 radical (unpaired) electrons. The number of hydrogen-bond donors (Lipinski definition) is 1. The van der Waals surface area contributed by atoms with E-state index in [1.165, 1.54) is 18.2 Å². The largest absolute Gasteiger partial charge is 0.344 e. The zero-order valence-corrected chi connectivity index (χ0v) is 19.4. The van der Waals surface area contributed by atoms with Crippen LogP contribution in [0.3, 0.4) is 0 Å². The molecule has 0 aliphatic rings. The number of nitrogens with one attached hydrogen (secondary N) is 1. The molecule has 9 heteroatoms. The highest BCUT2D eigenvalue weighted by Gasteiger charge is 2.26. The summed E-state index contributed by atoms with van der Waals surface area (Å²) in [7, 11) is -3.90. The van der Waals surface area contributed by atoms with Crippen molar-refractivity contribution < 1.29 is 18.1 Å². The lowest BCUT2D eigenvalue weighted by Gasteiger charge is -2.26. The molecule has 3 rings (SSSR count). The molecule has 1 N–H and O–H groups in total. The summed E-state index contributed by atoms with van der Waals surface area (Å²) in [6, 6.07) is 20.4. The van der Waals surface area contributed by atoms with E-state index in [9.17, 15) is 23.3 Å². The van der Waals surface area contributed by atoms with E-state index < -0.39 is 33.4 Å². The SMILES string of the molecule is Cc1ccccc1[C@H](NC(=O)CN(c1cc([N+](=O)[O-])ccc1C)S(C)(=O)=O)c1ccccc1. The van der Waals surface area contributed by atoms with Crippen LogP contribution in [0.5, 0.6) is 0 Å². The van der Waals surface area contributed by atoms with Crippen LogP contribution < -0.4 is 9.62 Å². The Hall–Kier alpha value is -3.72. The Morgan fingerprint density at radius 3 is 2.24 bits per heavy atom. The van der Waals surface area contributed by atoms with Crippen LogP contribution in [-0.4, -0.2) is 32.0 Å². The lowest BCUT2D eigenvalue weighted by Crippen LogP contribution is -2.42. The first-order chi connectivity index (χ1) is 15.6. The van der Waals surface area contributed by atoms with Gasteiger partial charge in [0.05, 0.1) is 22.9 Å². The number of nitro benzene ring substituents is 1. The van der Waals surface area contributed by atoms with Crippen molar-refractivity contribution in [1.82, 2.24) is 5.32 Å². The Morgan fingerprint density at radius 1 is 1.00 bits per heavy atom. The van der Waals surface area contributed by atoms with Crippen LogP contribution in [-0.2, 0) is 14.8 Å². The summed E-state index contributed by atoms with van der Waals surface area (Å²) in [6.45, 7) is 3.05. The minimum atomic E-state index is -3.90. The fourth-order valence-electron chi connectivity index (χ4n) is 3.59. The third-order valence-corrected chi connectivity index (χ3v) is 6.42. The van der Waals surface area contributed by atoms with Gasteiger partial charge < -0.3 is 5.32 Å². The van der Waals surface area contributed by atoms with Gasteiger partial charge in [0.15, 0.2) is 0 Å². The summed E-state index contributed by atoms with van der Waals surface area (Å²) in [5.74, 6) is -0.538. The molecule has 1 amide bonds. The number of anilines is 1. The molecule has 0 aliphatic heterocycles. The van der Waals surface area contributed by atoms with Gasteiger partial charge in [-0.2, -0.15) is 0 Å². The lowest BCUT2D eigenvalue weighted by molar-refractivity contribution is -0.384. The Morgan fingerprint density at radius 2 is 1.64 bits per heavy atom. The van der Waals surface area contributed by atoms with E-state index in [0.29, 0.717) is 5.56 Å². The first-order valence-electron chi connectivity index (χ1n) is 10.2. The summed E-state index contributed by atoms with van der Waals surface area (Å²) in [5, 5.41) is 14.1.